The number of carbonyl (C=O) groups excluding carboxylic acids is 2. The lowest BCUT2D eigenvalue weighted by atomic mass is 9.94. The Kier molecular flexibility index (Phi) is 6.91. The van der Waals surface area contributed by atoms with Crippen LogP contribution in [0, 0.1) is 20.8 Å². The van der Waals surface area contributed by atoms with Crippen LogP contribution in [0.1, 0.15) is 79.5 Å². The van der Waals surface area contributed by atoms with Crippen molar-refractivity contribution >= 4 is 28.6 Å². The monoisotopic (exact) mass is 607 g/mol. The van der Waals surface area contributed by atoms with E-state index in [0.29, 0.717) is 17.2 Å². The normalized spacial score (nSPS) is 20.4. The topological polar surface area (TPSA) is 101 Å². The second-order valence-electron chi connectivity index (χ2n) is 14.0. The maximum Gasteiger partial charge on any atom is 0.410 e. The fourth-order valence-corrected chi connectivity index (χ4v) is 7.02. The molecule has 7 rings (SSSR count). The Morgan fingerprint density at radius 3 is 2.38 bits per heavy atom. The van der Waals surface area contributed by atoms with Crippen molar-refractivity contribution in [1.82, 2.24) is 20.2 Å². The maximum absolute atomic E-state index is 14.0. The van der Waals surface area contributed by atoms with Gasteiger partial charge in [0.1, 0.15) is 5.60 Å². The number of nitrogens with zero attached hydrogens (tertiary/aromatic N) is 4. The van der Waals surface area contributed by atoms with E-state index >= 15 is 0 Å². The number of hydrogen-bond acceptors (Lipinski definition) is 7. The van der Waals surface area contributed by atoms with E-state index in [9.17, 15) is 9.59 Å². The van der Waals surface area contributed by atoms with Gasteiger partial charge in [-0.25, -0.2) is 9.78 Å². The highest BCUT2D eigenvalue weighted by Gasteiger charge is 2.48. The highest BCUT2D eigenvalue weighted by atomic mass is 16.6. The van der Waals surface area contributed by atoms with Gasteiger partial charge in [-0.15, -0.1) is 0 Å². The molecule has 2 aromatic carbocycles. The largest absolute Gasteiger partial charge is 0.444 e. The van der Waals surface area contributed by atoms with Crippen molar-refractivity contribution in [3.05, 3.63) is 76.9 Å². The van der Waals surface area contributed by atoms with E-state index in [1.165, 1.54) is 0 Å². The number of fused-ring (bicyclic) bond motifs is 3. The first-order valence-electron chi connectivity index (χ1n) is 15.9. The third-order valence-corrected chi connectivity index (χ3v) is 9.39. The molecular formula is C36H41N5O4. The lowest BCUT2D eigenvalue weighted by Crippen LogP contribution is -2.56. The minimum atomic E-state index is -0.524. The van der Waals surface area contributed by atoms with Gasteiger partial charge in [0.2, 0.25) is 0 Å². The molecule has 1 saturated carbocycles. The van der Waals surface area contributed by atoms with Crippen molar-refractivity contribution in [1.29, 1.82) is 0 Å². The quantitative estimate of drug-likeness (QED) is 0.266. The summed E-state index contributed by atoms with van der Waals surface area (Å²) in [4.78, 5) is 40.4. The number of pyridine rings is 1. The predicted molar refractivity (Wildman–Crippen MR) is 173 cm³/mol. The van der Waals surface area contributed by atoms with Gasteiger partial charge >= 0.3 is 6.09 Å². The Morgan fingerprint density at radius 2 is 1.73 bits per heavy atom. The number of nitrogens with one attached hydrogen (secondary N) is 1. The molecule has 4 heterocycles. The smallest absolute Gasteiger partial charge is 0.410 e. The van der Waals surface area contributed by atoms with Crippen molar-refractivity contribution in [2.24, 2.45) is 0 Å². The number of piperazine rings is 1. The molecule has 9 heteroatoms. The maximum atomic E-state index is 14.0. The molecule has 2 aromatic heterocycles. The molecule has 0 radical (unpaired) electrons. The number of rotatable bonds is 5. The molecule has 1 N–H and O–H groups in total. The number of aromatic nitrogens is 2. The summed E-state index contributed by atoms with van der Waals surface area (Å²) in [6, 6.07) is 14.6. The zero-order valence-corrected chi connectivity index (χ0v) is 26.9. The molecule has 2 bridgehead atoms. The molecular weight excluding hydrogens is 566 g/mol. The molecule has 0 spiro atoms. The van der Waals surface area contributed by atoms with E-state index in [1.54, 1.807) is 6.20 Å². The lowest BCUT2D eigenvalue weighted by Gasteiger charge is -2.42. The molecule has 2 unspecified atom stereocenters. The van der Waals surface area contributed by atoms with Crippen molar-refractivity contribution in [3.63, 3.8) is 0 Å². The van der Waals surface area contributed by atoms with Crippen molar-refractivity contribution in [3.8, 4) is 11.3 Å². The fraction of sp³-hybridized carbons (Fsp3) is 0.444. The van der Waals surface area contributed by atoms with Crippen LogP contribution < -0.4 is 10.2 Å². The Bertz CT molecular complexity index is 1800. The predicted octanol–water partition coefficient (Wildman–Crippen LogP) is 6.82. The number of anilines is 1. The SMILES string of the molecule is Cc1ccc2c(C3(NC(=O)c4cc(N5CC6CCC(C5)N6C(=O)OC(C)(C)C)ccc4C)CC3)cc(-c3cnc(C)o3)cc2n1. The van der Waals surface area contributed by atoms with Crippen molar-refractivity contribution in [2.75, 3.05) is 18.0 Å². The molecule has 1 aliphatic carbocycles. The molecule has 2 amide bonds. The van der Waals surface area contributed by atoms with E-state index in [0.717, 1.165) is 77.7 Å². The summed E-state index contributed by atoms with van der Waals surface area (Å²) < 4.78 is 11.6. The van der Waals surface area contributed by atoms with Crippen LogP contribution in [0.2, 0.25) is 0 Å². The van der Waals surface area contributed by atoms with Crippen LogP contribution in [-0.4, -0.2) is 57.6 Å². The number of oxazole rings is 1. The molecule has 234 valence electrons. The summed E-state index contributed by atoms with van der Waals surface area (Å²) in [6.07, 6.45) is 5.11. The lowest BCUT2D eigenvalue weighted by molar-refractivity contribution is 0.0123. The molecule has 9 nitrogen and oxygen atoms in total. The van der Waals surface area contributed by atoms with Gasteiger partial charge in [0.05, 0.1) is 29.3 Å². The average molecular weight is 608 g/mol. The van der Waals surface area contributed by atoms with Gasteiger partial charge in [0, 0.05) is 47.9 Å². The molecule has 2 atom stereocenters. The van der Waals surface area contributed by atoms with Gasteiger partial charge in [-0.3, -0.25) is 14.7 Å². The second-order valence-corrected chi connectivity index (χ2v) is 14.0. The molecule has 3 aliphatic rings. The van der Waals surface area contributed by atoms with Crippen LogP contribution in [0.4, 0.5) is 10.5 Å². The summed E-state index contributed by atoms with van der Waals surface area (Å²) in [7, 11) is 0. The van der Waals surface area contributed by atoms with Crippen LogP contribution in [0.25, 0.3) is 22.2 Å². The minimum Gasteiger partial charge on any atom is -0.444 e. The fourth-order valence-electron chi connectivity index (χ4n) is 7.02. The summed E-state index contributed by atoms with van der Waals surface area (Å²) in [5.41, 5.74) is 5.34. The van der Waals surface area contributed by atoms with E-state index in [4.69, 9.17) is 14.1 Å². The van der Waals surface area contributed by atoms with Crippen molar-refractivity contribution in [2.45, 2.75) is 90.4 Å². The van der Waals surface area contributed by atoms with Crippen LogP contribution in [0.3, 0.4) is 0 Å². The summed E-state index contributed by atoms with van der Waals surface area (Å²) in [5, 5.41) is 4.46. The highest BCUT2D eigenvalue weighted by molar-refractivity contribution is 5.98. The molecule has 3 fully saturated rings. The van der Waals surface area contributed by atoms with Crippen LogP contribution in [0.15, 0.2) is 53.1 Å². The second kappa shape index (κ2) is 10.6. The zero-order chi connectivity index (χ0) is 31.7. The van der Waals surface area contributed by atoms with Crippen molar-refractivity contribution < 1.29 is 18.7 Å². The molecule has 2 aliphatic heterocycles. The van der Waals surface area contributed by atoms with Gasteiger partial charge in [-0.2, -0.15) is 0 Å². The summed E-state index contributed by atoms with van der Waals surface area (Å²) in [5.74, 6) is 1.20. The van der Waals surface area contributed by atoms with Crippen LogP contribution >= 0.6 is 0 Å². The van der Waals surface area contributed by atoms with Crippen LogP contribution in [-0.2, 0) is 10.3 Å². The van der Waals surface area contributed by atoms with E-state index in [2.05, 4.69) is 33.4 Å². The minimum absolute atomic E-state index is 0.0867. The number of hydrogen-bond donors (Lipinski definition) is 1. The Hall–Kier alpha value is -4.40. The third-order valence-electron chi connectivity index (χ3n) is 9.39. The van der Waals surface area contributed by atoms with Crippen LogP contribution in [0.5, 0.6) is 0 Å². The Balaban J connectivity index is 1.15. The van der Waals surface area contributed by atoms with Gasteiger partial charge in [-0.1, -0.05) is 12.1 Å². The molecule has 2 saturated heterocycles. The first kappa shape index (κ1) is 29.3. The van der Waals surface area contributed by atoms with Gasteiger partial charge in [0.25, 0.3) is 5.91 Å². The zero-order valence-electron chi connectivity index (χ0n) is 26.9. The standard InChI is InChI=1S/C36H41N5O4/c1-21-7-9-25(40-19-26-10-11-27(20-40)41(26)34(43)45-35(4,5)6)17-29(21)33(42)39-36(13-14-36)30-15-24(32-18-37-23(3)44-32)16-31-28(30)12-8-22(2)38-31/h7-9,12,15-18,26-27H,10-11,13-14,19-20H2,1-6H3,(H,39,42). The summed E-state index contributed by atoms with van der Waals surface area (Å²) in [6.45, 7) is 13.0. The number of carbonyl (C=O) groups is 2. The average Bonchev–Trinajstić information content (AvgIpc) is 3.53. The van der Waals surface area contributed by atoms with Gasteiger partial charge < -0.3 is 19.4 Å². The van der Waals surface area contributed by atoms with E-state index in [-0.39, 0.29) is 24.1 Å². The van der Waals surface area contributed by atoms with E-state index in [1.807, 2.05) is 70.7 Å². The Morgan fingerprint density at radius 1 is 1.00 bits per heavy atom. The highest BCUT2D eigenvalue weighted by Crippen LogP contribution is 2.49. The number of benzene rings is 2. The van der Waals surface area contributed by atoms with Gasteiger partial charge in [0.15, 0.2) is 11.7 Å². The van der Waals surface area contributed by atoms with Gasteiger partial charge in [-0.05, 0) is 102 Å². The number of amides is 2. The summed E-state index contributed by atoms with van der Waals surface area (Å²) >= 11 is 0. The number of aryl methyl sites for hydroxylation is 3. The molecule has 45 heavy (non-hydrogen) atoms. The molecule has 4 aromatic rings. The first-order chi connectivity index (χ1) is 21.4. The number of ether oxygens (including phenoxy) is 1. The Labute approximate surface area is 264 Å². The third kappa shape index (κ3) is 5.53. The van der Waals surface area contributed by atoms with E-state index < -0.39 is 11.1 Å². The first-order valence-corrected chi connectivity index (χ1v) is 15.9.